The maximum atomic E-state index is 12.2. The summed E-state index contributed by atoms with van der Waals surface area (Å²) in [6, 6.07) is 6.12. The predicted molar refractivity (Wildman–Crippen MR) is 74.4 cm³/mol. The Morgan fingerprint density at radius 3 is 2.83 bits per heavy atom. The first-order valence-corrected chi connectivity index (χ1v) is 6.94. The number of carbonyl (C=O) groups is 1. The second kappa shape index (κ2) is 4.04. The lowest BCUT2D eigenvalue weighted by Crippen LogP contribution is -2.49. The number of benzene rings is 1. The average Bonchev–Trinajstić information content (AvgIpc) is 2.26. The van der Waals surface area contributed by atoms with Gasteiger partial charge in [-0.15, -0.1) is 0 Å². The maximum absolute atomic E-state index is 12.2. The molecule has 2 nitrogen and oxygen atoms in total. The molecule has 3 heteroatoms. The summed E-state index contributed by atoms with van der Waals surface area (Å²) in [6.45, 7) is 3.96. The van der Waals surface area contributed by atoms with Crippen LogP contribution >= 0.6 is 15.9 Å². The molecule has 0 spiro atoms. The molecule has 94 valence electrons. The molecule has 1 saturated heterocycles. The first kappa shape index (κ1) is 12.1. The Bertz CT molecular complexity index is 630. The monoisotopic (exact) mass is 306 g/mol. The van der Waals surface area contributed by atoms with Crippen LogP contribution in [0.25, 0.3) is 12.2 Å². The number of hydrogen-bond donors (Lipinski definition) is 0. The van der Waals surface area contributed by atoms with Crippen molar-refractivity contribution >= 4 is 33.9 Å². The topological polar surface area (TPSA) is 26.3 Å². The standard InChI is InChI=1S/C15H15BrO2/c1-15(2)8-13(17)12-6-10-5-11(16)4-3-9(10)7-14(12)18-15/h3-7,12,14H,8H2,1-2H3. The van der Waals surface area contributed by atoms with E-state index in [1.807, 2.05) is 26.0 Å². The summed E-state index contributed by atoms with van der Waals surface area (Å²) in [4.78, 5) is 12.2. The van der Waals surface area contributed by atoms with E-state index in [0.29, 0.717) is 6.42 Å². The van der Waals surface area contributed by atoms with Crippen LogP contribution in [0.3, 0.4) is 0 Å². The van der Waals surface area contributed by atoms with Crippen molar-refractivity contribution in [3.05, 3.63) is 33.1 Å². The van der Waals surface area contributed by atoms with Gasteiger partial charge < -0.3 is 4.74 Å². The minimum Gasteiger partial charge on any atom is -0.367 e. The summed E-state index contributed by atoms with van der Waals surface area (Å²) in [5.41, 5.74) is -0.352. The van der Waals surface area contributed by atoms with Gasteiger partial charge in [0.2, 0.25) is 0 Å². The Kier molecular flexibility index (Phi) is 2.72. The van der Waals surface area contributed by atoms with Gasteiger partial charge in [0.25, 0.3) is 0 Å². The number of carbonyl (C=O) groups excluding carboxylic acids is 1. The molecule has 0 N–H and O–H groups in total. The van der Waals surface area contributed by atoms with E-state index >= 15 is 0 Å². The fourth-order valence-corrected chi connectivity index (χ4v) is 3.12. The third-order valence-electron chi connectivity index (χ3n) is 3.53. The van der Waals surface area contributed by atoms with Crippen molar-refractivity contribution in [2.45, 2.75) is 32.0 Å². The summed E-state index contributed by atoms with van der Waals surface area (Å²) in [5, 5.41) is 2.26. The zero-order valence-corrected chi connectivity index (χ0v) is 12.0. The van der Waals surface area contributed by atoms with Gasteiger partial charge in [0.05, 0.1) is 17.6 Å². The number of fused-ring (bicyclic) bond motifs is 2. The highest BCUT2D eigenvalue weighted by molar-refractivity contribution is 9.10. The van der Waals surface area contributed by atoms with Crippen LogP contribution in [0.4, 0.5) is 0 Å². The molecule has 2 aliphatic rings. The van der Waals surface area contributed by atoms with Crippen molar-refractivity contribution in [1.82, 2.24) is 0 Å². The minimum atomic E-state index is -0.352. The van der Waals surface area contributed by atoms with Crippen LogP contribution in [0.5, 0.6) is 0 Å². The number of Topliss-reactive ketones (excluding diaryl/α,β-unsaturated/α-hetero) is 1. The second-order valence-electron chi connectivity index (χ2n) is 5.62. The molecule has 1 heterocycles. The normalized spacial score (nSPS) is 28.7. The van der Waals surface area contributed by atoms with E-state index < -0.39 is 0 Å². The van der Waals surface area contributed by atoms with E-state index in [-0.39, 0.29) is 23.4 Å². The van der Waals surface area contributed by atoms with E-state index in [4.69, 9.17) is 4.74 Å². The van der Waals surface area contributed by atoms with Crippen LogP contribution in [0.15, 0.2) is 22.7 Å². The van der Waals surface area contributed by atoms with E-state index in [1.165, 1.54) is 0 Å². The Balaban J connectivity index is 2.13. The smallest absolute Gasteiger partial charge is 0.145 e. The van der Waals surface area contributed by atoms with Crippen molar-refractivity contribution in [2.24, 2.45) is 5.92 Å². The fraction of sp³-hybridized carbons (Fsp3) is 0.400. The molecule has 18 heavy (non-hydrogen) atoms. The van der Waals surface area contributed by atoms with Gasteiger partial charge in [-0.1, -0.05) is 28.1 Å². The number of ether oxygens (including phenoxy) is 1. The molecular formula is C15H15BrO2. The summed E-state index contributed by atoms with van der Waals surface area (Å²) in [7, 11) is 0. The lowest BCUT2D eigenvalue weighted by atomic mass is 9.82. The zero-order chi connectivity index (χ0) is 12.9. The van der Waals surface area contributed by atoms with E-state index in [2.05, 4.69) is 34.1 Å². The summed E-state index contributed by atoms with van der Waals surface area (Å²) in [6.07, 6.45) is 4.49. The van der Waals surface area contributed by atoms with Crippen LogP contribution in [0.1, 0.15) is 20.3 Å². The van der Waals surface area contributed by atoms with Crippen molar-refractivity contribution in [3.63, 3.8) is 0 Å². The third-order valence-corrected chi connectivity index (χ3v) is 4.03. The van der Waals surface area contributed by atoms with Crippen LogP contribution < -0.4 is 10.4 Å². The highest BCUT2D eigenvalue weighted by Crippen LogP contribution is 2.31. The lowest BCUT2D eigenvalue weighted by Gasteiger charge is -2.38. The quantitative estimate of drug-likeness (QED) is 0.730. The van der Waals surface area contributed by atoms with Gasteiger partial charge in [-0.25, -0.2) is 0 Å². The van der Waals surface area contributed by atoms with Crippen LogP contribution in [0, 0.1) is 5.92 Å². The summed E-state index contributed by atoms with van der Waals surface area (Å²) >= 11 is 3.46. The molecule has 1 fully saturated rings. The lowest BCUT2D eigenvalue weighted by molar-refractivity contribution is -0.147. The molecule has 0 bridgehead atoms. The Morgan fingerprint density at radius 1 is 1.28 bits per heavy atom. The number of ketones is 1. The summed E-state index contributed by atoms with van der Waals surface area (Å²) in [5.74, 6) is 0.151. The molecule has 1 aliphatic carbocycles. The van der Waals surface area contributed by atoms with E-state index in [0.717, 1.165) is 14.9 Å². The average molecular weight is 307 g/mol. The van der Waals surface area contributed by atoms with Crippen molar-refractivity contribution in [1.29, 1.82) is 0 Å². The SMILES string of the molecule is CC1(C)CC(=O)C2C=c3cc(Br)ccc3=CC2O1. The number of rotatable bonds is 0. The van der Waals surface area contributed by atoms with Crippen molar-refractivity contribution in [3.8, 4) is 0 Å². The van der Waals surface area contributed by atoms with Crippen molar-refractivity contribution in [2.75, 3.05) is 0 Å². The Labute approximate surface area is 114 Å². The molecule has 1 aromatic carbocycles. The van der Waals surface area contributed by atoms with Gasteiger partial charge in [0.15, 0.2) is 0 Å². The molecule has 0 radical (unpaired) electrons. The molecule has 1 aliphatic heterocycles. The highest BCUT2D eigenvalue weighted by Gasteiger charge is 2.40. The van der Waals surface area contributed by atoms with Crippen molar-refractivity contribution < 1.29 is 9.53 Å². The molecule has 2 atom stereocenters. The molecule has 0 saturated carbocycles. The Morgan fingerprint density at radius 2 is 2.06 bits per heavy atom. The molecular weight excluding hydrogens is 292 g/mol. The largest absolute Gasteiger partial charge is 0.367 e. The zero-order valence-electron chi connectivity index (χ0n) is 10.4. The third kappa shape index (κ3) is 2.06. The number of hydrogen-bond acceptors (Lipinski definition) is 2. The van der Waals surface area contributed by atoms with Crippen LogP contribution in [-0.2, 0) is 9.53 Å². The molecule has 2 unspecified atom stereocenters. The molecule has 0 aromatic heterocycles. The minimum absolute atomic E-state index is 0.116. The second-order valence-corrected chi connectivity index (χ2v) is 6.53. The molecule has 3 rings (SSSR count). The number of halogens is 1. The first-order chi connectivity index (χ1) is 8.44. The van der Waals surface area contributed by atoms with E-state index in [1.54, 1.807) is 0 Å². The first-order valence-electron chi connectivity index (χ1n) is 6.14. The van der Waals surface area contributed by atoms with Crippen LogP contribution in [-0.4, -0.2) is 17.5 Å². The summed E-state index contributed by atoms with van der Waals surface area (Å²) < 4.78 is 7.05. The van der Waals surface area contributed by atoms with E-state index in [9.17, 15) is 4.79 Å². The highest BCUT2D eigenvalue weighted by atomic mass is 79.9. The van der Waals surface area contributed by atoms with Crippen LogP contribution in [0.2, 0.25) is 0 Å². The van der Waals surface area contributed by atoms with Gasteiger partial charge in [-0.3, -0.25) is 4.79 Å². The molecule has 1 aromatic rings. The predicted octanol–water partition coefficient (Wildman–Crippen LogP) is 1.78. The maximum Gasteiger partial charge on any atom is 0.145 e. The van der Waals surface area contributed by atoms with Gasteiger partial charge in [-0.2, -0.15) is 0 Å². The Hall–Kier alpha value is -0.930. The fourth-order valence-electron chi connectivity index (χ4n) is 2.74. The van der Waals surface area contributed by atoms with Gasteiger partial charge in [0, 0.05) is 10.9 Å². The van der Waals surface area contributed by atoms with Gasteiger partial charge in [0.1, 0.15) is 5.78 Å². The van der Waals surface area contributed by atoms with Gasteiger partial charge >= 0.3 is 0 Å². The molecule has 0 amide bonds. The van der Waals surface area contributed by atoms with Gasteiger partial charge in [-0.05, 0) is 42.5 Å².